The first kappa shape index (κ1) is 19.4. The van der Waals surface area contributed by atoms with E-state index in [1.807, 2.05) is 11.4 Å². The van der Waals surface area contributed by atoms with Gasteiger partial charge in [-0.25, -0.2) is 0 Å². The van der Waals surface area contributed by atoms with Crippen molar-refractivity contribution >= 4 is 16.6 Å². The fraction of sp³-hybridized carbons (Fsp3) is 0.625. The summed E-state index contributed by atoms with van der Waals surface area (Å²) >= 11 is 0. The maximum Gasteiger partial charge on any atom is 0.226 e. The molecule has 0 atom stereocenters. The van der Waals surface area contributed by atoms with Gasteiger partial charge < -0.3 is 9.22 Å². The van der Waals surface area contributed by atoms with Crippen LogP contribution in [0.2, 0.25) is 26.2 Å². The summed E-state index contributed by atoms with van der Waals surface area (Å²) in [4.78, 5) is 0. The highest BCUT2D eigenvalue weighted by molar-refractivity contribution is 6.90. The van der Waals surface area contributed by atoms with Gasteiger partial charge in [-0.15, -0.1) is 19.6 Å². The molecule has 1 aliphatic carbocycles. The van der Waals surface area contributed by atoms with Crippen LogP contribution in [0.15, 0.2) is 24.6 Å². The average Bonchev–Trinajstić information content (AvgIpc) is 2.38. The van der Waals surface area contributed by atoms with Crippen LogP contribution in [0.3, 0.4) is 0 Å². The summed E-state index contributed by atoms with van der Waals surface area (Å²) in [6.07, 6.45) is 10.1. The lowest BCUT2D eigenvalue weighted by atomic mass is 9.86. The summed E-state index contributed by atoms with van der Waals surface area (Å²) < 4.78 is 5.97. The second-order valence-corrected chi connectivity index (χ2v) is 14.8. The van der Waals surface area contributed by atoms with Gasteiger partial charge in [0.25, 0.3) is 0 Å². The molecule has 0 radical (unpaired) electrons. The molecule has 2 nitrogen and oxygen atoms in total. The van der Waals surface area contributed by atoms with Crippen molar-refractivity contribution in [1.29, 1.82) is 0 Å². The van der Waals surface area contributed by atoms with E-state index in [-0.39, 0.29) is 0 Å². The maximum absolute atomic E-state index is 9.44. The second-order valence-electron chi connectivity index (χ2n) is 6.54. The van der Waals surface area contributed by atoms with Gasteiger partial charge in [0.2, 0.25) is 8.32 Å². The fourth-order valence-electron chi connectivity index (χ4n) is 2.11. The van der Waals surface area contributed by atoms with E-state index >= 15 is 0 Å². The van der Waals surface area contributed by atoms with E-state index < -0.39 is 22.2 Å². The first-order valence-electron chi connectivity index (χ1n) is 7.27. The van der Waals surface area contributed by atoms with Crippen LogP contribution >= 0.6 is 0 Å². The number of hydrogen-bond acceptors (Lipinski definition) is 2. The molecule has 1 rings (SSSR count). The van der Waals surface area contributed by atoms with Crippen LogP contribution in [0.4, 0.5) is 0 Å². The molecule has 0 aromatic rings. The third-order valence-electron chi connectivity index (χ3n) is 3.29. The topological polar surface area (TPSA) is 29.5 Å². The van der Waals surface area contributed by atoms with Crippen LogP contribution in [0.25, 0.3) is 0 Å². The molecule has 0 unspecified atom stereocenters. The van der Waals surface area contributed by atoms with Crippen LogP contribution in [-0.4, -0.2) is 27.3 Å². The first-order valence-corrected chi connectivity index (χ1v) is 13.2. The Kier molecular flexibility index (Phi) is 7.75. The molecular formula is C16H30O2Si2. The molecule has 0 aromatic carbocycles. The Morgan fingerprint density at radius 1 is 1.10 bits per heavy atom. The Balaban J connectivity index is 0.000000367. The van der Waals surface area contributed by atoms with Gasteiger partial charge in [-0.3, -0.25) is 0 Å². The van der Waals surface area contributed by atoms with Crippen molar-refractivity contribution in [3.8, 4) is 12.3 Å². The molecule has 1 aliphatic rings. The molecule has 0 saturated heterocycles. The number of rotatable bonds is 4. The Labute approximate surface area is 127 Å². The lowest BCUT2D eigenvalue weighted by Crippen LogP contribution is -2.41. The van der Waals surface area contributed by atoms with Crippen LogP contribution in [0.5, 0.6) is 0 Å². The van der Waals surface area contributed by atoms with Crippen molar-refractivity contribution in [3.05, 3.63) is 24.6 Å². The van der Waals surface area contributed by atoms with Gasteiger partial charge in [0, 0.05) is 0 Å². The van der Waals surface area contributed by atoms with Crippen LogP contribution < -0.4 is 0 Å². The normalized spacial score (nSPS) is 18.2. The molecule has 1 fully saturated rings. The molecule has 0 aromatic heterocycles. The third-order valence-corrected chi connectivity index (χ3v) is 9.12. The highest BCUT2D eigenvalue weighted by atomic mass is 28.4. The van der Waals surface area contributed by atoms with Crippen molar-refractivity contribution in [3.63, 3.8) is 0 Å². The van der Waals surface area contributed by atoms with E-state index in [2.05, 4.69) is 45.3 Å². The molecule has 1 saturated carbocycles. The summed E-state index contributed by atoms with van der Waals surface area (Å²) in [6, 6.07) is 0. The smallest absolute Gasteiger partial charge is 0.226 e. The Bertz CT molecular complexity index is 350. The monoisotopic (exact) mass is 310 g/mol. The van der Waals surface area contributed by atoms with Crippen molar-refractivity contribution in [2.75, 3.05) is 0 Å². The summed E-state index contributed by atoms with van der Waals surface area (Å²) in [5, 5.41) is 9.44. The van der Waals surface area contributed by atoms with Crippen molar-refractivity contribution in [2.24, 2.45) is 0 Å². The molecule has 0 bridgehead atoms. The second kappa shape index (κ2) is 7.99. The maximum atomic E-state index is 9.44. The quantitative estimate of drug-likeness (QED) is 0.623. The standard InChI is InChI=1S/C8H18OSi2.C8H12O/c1-7-11(6,8-2)9-10(3,4)5;1-2-8(9)6-4-3-5-7-8/h7-8H,1-2H2,3-6H3;1,9H,3-7H2. The predicted molar refractivity (Wildman–Crippen MR) is 93.3 cm³/mol. The van der Waals surface area contributed by atoms with E-state index in [0.29, 0.717) is 0 Å². The molecule has 0 heterocycles. The Morgan fingerprint density at radius 3 is 1.75 bits per heavy atom. The summed E-state index contributed by atoms with van der Waals surface area (Å²) in [5.74, 6) is 2.44. The molecule has 0 spiro atoms. The first-order chi connectivity index (χ1) is 9.10. The van der Waals surface area contributed by atoms with E-state index in [4.69, 9.17) is 10.5 Å². The van der Waals surface area contributed by atoms with Crippen molar-refractivity contribution in [1.82, 2.24) is 0 Å². The molecule has 20 heavy (non-hydrogen) atoms. The lowest BCUT2D eigenvalue weighted by Gasteiger charge is -2.29. The number of hydrogen-bond donors (Lipinski definition) is 1. The van der Waals surface area contributed by atoms with Crippen LogP contribution in [-0.2, 0) is 4.12 Å². The predicted octanol–water partition coefficient (Wildman–Crippen LogP) is 4.18. The fourth-order valence-corrected chi connectivity index (χ4v) is 8.22. The lowest BCUT2D eigenvalue weighted by molar-refractivity contribution is 0.0612. The van der Waals surface area contributed by atoms with Crippen molar-refractivity contribution < 1.29 is 9.22 Å². The largest absolute Gasteiger partial charge is 0.450 e. The minimum Gasteiger partial charge on any atom is -0.450 e. The summed E-state index contributed by atoms with van der Waals surface area (Å²) in [6.45, 7) is 16.2. The van der Waals surface area contributed by atoms with Crippen LogP contribution in [0.1, 0.15) is 32.1 Å². The number of terminal acetylenes is 1. The molecular weight excluding hydrogens is 280 g/mol. The van der Waals surface area contributed by atoms with Gasteiger partial charge in [0.1, 0.15) is 5.60 Å². The minimum absolute atomic E-state index is 0.752. The Hall–Kier alpha value is -0.606. The van der Waals surface area contributed by atoms with E-state index in [9.17, 15) is 5.11 Å². The zero-order valence-electron chi connectivity index (χ0n) is 13.5. The molecule has 114 valence electrons. The van der Waals surface area contributed by atoms with E-state index in [1.54, 1.807) is 0 Å². The number of aliphatic hydroxyl groups is 1. The summed E-state index contributed by atoms with van der Waals surface area (Å²) in [7, 11) is -3.16. The van der Waals surface area contributed by atoms with Crippen molar-refractivity contribution in [2.45, 2.75) is 63.9 Å². The molecule has 1 N–H and O–H groups in total. The zero-order chi connectivity index (χ0) is 15.9. The highest BCUT2D eigenvalue weighted by Gasteiger charge is 2.28. The zero-order valence-corrected chi connectivity index (χ0v) is 15.5. The molecule has 0 amide bonds. The van der Waals surface area contributed by atoms with Gasteiger partial charge in [-0.2, -0.15) is 0 Å². The van der Waals surface area contributed by atoms with E-state index in [0.717, 1.165) is 25.7 Å². The van der Waals surface area contributed by atoms with Gasteiger partial charge in [0.15, 0.2) is 8.32 Å². The summed E-state index contributed by atoms with van der Waals surface area (Å²) in [5.41, 5.74) is 3.11. The third kappa shape index (κ3) is 7.86. The average molecular weight is 311 g/mol. The molecule has 0 aliphatic heterocycles. The SMILES string of the molecule is C#CC1(O)CCCCC1.C=C[Si](C)(C=C)O[Si](C)(C)C. The molecule has 4 heteroatoms. The van der Waals surface area contributed by atoms with Gasteiger partial charge in [-0.05, 0) is 51.9 Å². The van der Waals surface area contributed by atoms with E-state index in [1.165, 1.54) is 6.42 Å². The van der Waals surface area contributed by atoms with Gasteiger partial charge in [-0.1, -0.05) is 23.7 Å². The minimum atomic E-state index is -1.74. The van der Waals surface area contributed by atoms with Gasteiger partial charge >= 0.3 is 0 Å². The Morgan fingerprint density at radius 2 is 1.55 bits per heavy atom. The van der Waals surface area contributed by atoms with Gasteiger partial charge in [0.05, 0.1) is 0 Å². The highest BCUT2D eigenvalue weighted by Crippen LogP contribution is 2.26. The van der Waals surface area contributed by atoms with Crippen LogP contribution in [0, 0.1) is 12.3 Å².